The number of aromatic nitrogens is 1. The molecule has 0 aliphatic carbocycles. The number of thiophene rings is 1. The van der Waals surface area contributed by atoms with Crippen LogP contribution in [0.3, 0.4) is 0 Å². The van der Waals surface area contributed by atoms with Gasteiger partial charge in [0.05, 0.1) is 16.4 Å². The Balaban J connectivity index is 1.65. The van der Waals surface area contributed by atoms with Gasteiger partial charge in [-0.05, 0) is 51.5 Å². The van der Waals surface area contributed by atoms with Gasteiger partial charge in [0.1, 0.15) is 5.56 Å². The Kier molecular flexibility index (Phi) is 4.41. The summed E-state index contributed by atoms with van der Waals surface area (Å²) in [5.41, 5.74) is 1.07. The Bertz CT molecular complexity index is 861. The summed E-state index contributed by atoms with van der Waals surface area (Å²) in [6, 6.07) is 2.03. The zero-order valence-electron chi connectivity index (χ0n) is 14.9. The third kappa shape index (κ3) is 3.02. The first-order chi connectivity index (χ1) is 12.1. The van der Waals surface area contributed by atoms with Gasteiger partial charge in [0, 0.05) is 30.7 Å². The van der Waals surface area contributed by atoms with Crippen LogP contribution >= 0.6 is 11.3 Å². The molecule has 3 fully saturated rings. The number of rotatable bonds is 3. The standard InChI is InChI=1S/C19H25N3O2S/c1-3-21-11-14(17(23)18-15(21)10-12(2)25-18)19(24)20-16-5-4-13-6-8-22(16)9-7-13/h10-11,13,16H,3-9H2,1-2H3,(H,20,24). The number of carbonyl (C=O) groups excluding carboxylic acids is 1. The topological polar surface area (TPSA) is 54.3 Å². The molecule has 134 valence electrons. The lowest BCUT2D eigenvalue weighted by molar-refractivity contribution is 0.0834. The predicted octanol–water partition coefficient (Wildman–Crippen LogP) is 2.95. The van der Waals surface area contributed by atoms with Crippen molar-refractivity contribution in [3.8, 4) is 0 Å². The van der Waals surface area contributed by atoms with Gasteiger partial charge in [0.15, 0.2) is 0 Å². The van der Waals surface area contributed by atoms with Gasteiger partial charge in [0.25, 0.3) is 5.91 Å². The fraction of sp³-hybridized carbons (Fsp3) is 0.579. The minimum atomic E-state index is -0.226. The van der Waals surface area contributed by atoms with Crippen molar-refractivity contribution in [3.05, 3.63) is 32.9 Å². The van der Waals surface area contributed by atoms with Crippen LogP contribution in [0, 0.1) is 12.8 Å². The number of pyridine rings is 1. The van der Waals surface area contributed by atoms with E-state index in [2.05, 4.69) is 10.2 Å². The number of piperidine rings is 1. The first kappa shape index (κ1) is 16.8. The highest BCUT2D eigenvalue weighted by atomic mass is 32.1. The van der Waals surface area contributed by atoms with Gasteiger partial charge in [-0.15, -0.1) is 11.3 Å². The quantitative estimate of drug-likeness (QED) is 0.917. The summed E-state index contributed by atoms with van der Waals surface area (Å²) in [5, 5.41) is 3.14. The van der Waals surface area contributed by atoms with Crippen LogP contribution in [0.5, 0.6) is 0 Å². The average molecular weight is 359 g/mol. The molecule has 1 unspecified atom stereocenters. The number of fused-ring (bicyclic) bond motifs is 5. The number of aryl methyl sites for hydroxylation is 2. The summed E-state index contributed by atoms with van der Waals surface area (Å²) < 4.78 is 2.70. The summed E-state index contributed by atoms with van der Waals surface area (Å²) in [6.07, 6.45) is 6.42. The molecule has 0 saturated carbocycles. The first-order valence-corrected chi connectivity index (χ1v) is 10.1. The third-order valence-corrected chi connectivity index (χ3v) is 6.74. The van der Waals surface area contributed by atoms with E-state index in [1.807, 2.05) is 24.5 Å². The number of amides is 1. The Morgan fingerprint density at radius 2 is 2.04 bits per heavy atom. The largest absolute Gasteiger partial charge is 0.346 e. The van der Waals surface area contributed by atoms with E-state index in [1.54, 1.807) is 6.20 Å². The van der Waals surface area contributed by atoms with E-state index in [0.29, 0.717) is 4.70 Å². The maximum atomic E-state index is 12.9. The molecule has 0 aromatic carbocycles. The monoisotopic (exact) mass is 359 g/mol. The second-order valence-corrected chi connectivity index (χ2v) is 8.53. The first-order valence-electron chi connectivity index (χ1n) is 9.25. The summed E-state index contributed by atoms with van der Waals surface area (Å²) in [7, 11) is 0. The van der Waals surface area contributed by atoms with Gasteiger partial charge in [-0.2, -0.15) is 0 Å². The van der Waals surface area contributed by atoms with Crippen molar-refractivity contribution < 1.29 is 4.79 Å². The van der Waals surface area contributed by atoms with E-state index in [0.717, 1.165) is 42.4 Å². The smallest absolute Gasteiger partial charge is 0.258 e. The van der Waals surface area contributed by atoms with Crippen LogP contribution in [0.4, 0.5) is 0 Å². The molecule has 2 aromatic rings. The van der Waals surface area contributed by atoms with Crippen molar-refractivity contribution in [2.75, 3.05) is 13.1 Å². The minimum absolute atomic E-state index is 0.0650. The molecule has 3 aliphatic rings. The molecular weight excluding hydrogens is 334 g/mol. The second kappa shape index (κ2) is 6.57. The maximum absolute atomic E-state index is 12.9. The lowest BCUT2D eigenvalue weighted by atomic mass is 9.95. The van der Waals surface area contributed by atoms with Crippen molar-refractivity contribution in [1.29, 1.82) is 0 Å². The normalized spacial score (nSPS) is 25.9. The van der Waals surface area contributed by atoms with Gasteiger partial charge in [-0.1, -0.05) is 0 Å². The molecular formula is C19H25N3O2S. The number of carbonyl (C=O) groups is 1. The van der Waals surface area contributed by atoms with Gasteiger partial charge >= 0.3 is 0 Å². The van der Waals surface area contributed by atoms with Crippen LogP contribution in [-0.2, 0) is 6.54 Å². The van der Waals surface area contributed by atoms with E-state index in [9.17, 15) is 9.59 Å². The summed E-state index contributed by atoms with van der Waals surface area (Å²) in [5.74, 6) is 0.580. The van der Waals surface area contributed by atoms with Crippen molar-refractivity contribution in [2.24, 2.45) is 5.92 Å². The highest BCUT2D eigenvalue weighted by Gasteiger charge is 2.31. The van der Waals surface area contributed by atoms with Gasteiger partial charge in [-0.3, -0.25) is 14.5 Å². The van der Waals surface area contributed by atoms with Gasteiger partial charge in [-0.25, -0.2) is 0 Å². The SMILES string of the molecule is CCn1cc(C(=O)NC2CCC3CCN2CC3)c(=O)c2sc(C)cc21. The van der Waals surface area contributed by atoms with Crippen LogP contribution in [0.25, 0.3) is 10.2 Å². The number of nitrogens with one attached hydrogen (secondary N) is 1. The molecule has 0 spiro atoms. The van der Waals surface area contributed by atoms with E-state index >= 15 is 0 Å². The molecule has 2 aromatic heterocycles. The molecule has 1 amide bonds. The molecule has 0 radical (unpaired) electrons. The second-order valence-electron chi connectivity index (χ2n) is 7.28. The van der Waals surface area contributed by atoms with Crippen molar-refractivity contribution >= 4 is 27.5 Å². The van der Waals surface area contributed by atoms with Crippen LogP contribution in [0.15, 0.2) is 17.1 Å². The van der Waals surface area contributed by atoms with E-state index in [4.69, 9.17) is 0 Å². The minimum Gasteiger partial charge on any atom is -0.346 e. The lowest BCUT2D eigenvalue weighted by Gasteiger charge is -2.32. The molecule has 1 N–H and O–H groups in total. The molecule has 6 heteroatoms. The zero-order chi connectivity index (χ0) is 17.6. The van der Waals surface area contributed by atoms with Gasteiger partial charge < -0.3 is 9.88 Å². The van der Waals surface area contributed by atoms with Crippen molar-refractivity contribution in [1.82, 2.24) is 14.8 Å². The molecule has 3 saturated heterocycles. The maximum Gasteiger partial charge on any atom is 0.258 e. The number of hydrogen-bond acceptors (Lipinski definition) is 4. The van der Waals surface area contributed by atoms with Crippen LogP contribution < -0.4 is 10.7 Å². The zero-order valence-corrected chi connectivity index (χ0v) is 15.7. The van der Waals surface area contributed by atoms with E-state index < -0.39 is 0 Å². The summed E-state index contributed by atoms with van der Waals surface area (Å²) in [6.45, 7) is 6.88. The Hall–Kier alpha value is -1.66. The summed E-state index contributed by atoms with van der Waals surface area (Å²) in [4.78, 5) is 29.2. The Morgan fingerprint density at radius 1 is 1.28 bits per heavy atom. The van der Waals surface area contributed by atoms with E-state index in [1.165, 1.54) is 30.6 Å². The molecule has 1 atom stereocenters. The molecule has 2 bridgehead atoms. The van der Waals surface area contributed by atoms with Crippen LogP contribution in [0.1, 0.15) is 47.8 Å². The van der Waals surface area contributed by atoms with Crippen molar-refractivity contribution in [3.63, 3.8) is 0 Å². The third-order valence-electron chi connectivity index (χ3n) is 5.70. The molecule has 5 heterocycles. The van der Waals surface area contributed by atoms with Crippen molar-refractivity contribution in [2.45, 2.75) is 52.2 Å². The average Bonchev–Trinajstić information content (AvgIpc) is 2.79. The highest BCUT2D eigenvalue weighted by Crippen LogP contribution is 2.29. The van der Waals surface area contributed by atoms with E-state index in [-0.39, 0.29) is 23.1 Å². The highest BCUT2D eigenvalue weighted by molar-refractivity contribution is 7.18. The van der Waals surface area contributed by atoms with Gasteiger partial charge in [0.2, 0.25) is 5.43 Å². The fourth-order valence-corrected chi connectivity index (χ4v) is 5.20. The Labute approximate surface area is 151 Å². The molecule has 5 nitrogen and oxygen atoms in total. The Morgan fingerprint density at radius 3 is 2.76 bits per heavy atom. The lowest BCUT2D eigenvalue weighted by Crippen LogP contribution is -2.49. The van der Waals surface area contributed by atoms with Crippen LogP contribution in [-0.4, -0.2) is 34.6 Å². The predicted molar refractivity (Wildman–Crippen MR) is 101 cm³/mol. The molecule has 5 rings (SSSR count). The summed E-state index contributed by atoms with van der Waals surface area (Å²) >= 11 is 1.48. The number of hydrogen-bond donors (Lipinski definition) is 1. The molecule has 25 heavy (non-hydrogen) atoms. The fourth-order valence-electron chi connectivity index (χ4n) is 4.23. The molecule has 3 aliphatic heterocycles. The van der Waals surface area contributed by atoms with Crippen LogP contribution in [0.2, 0.25) is 0 Å². The number of nitrogens with zero attached hydrogens (tertiary/aromatic N) is 2.